The maximum Gasteiger partial charge on any atom is 0.264 e. The molecule has 0 fully saturated rings. The number of amides is 1. The highest BCUT2D eigenvalue weighted by Crippen LogP contribution is 2.44. The lowest BCUT2D eigenvalue weighted by molar-refractivity contribution is -0.136. The lowest BCUT2D eigenvalue weighted by atomic mass is 9.88. The van der Waals surface area contributed by atoms with Crippen LogP contribution in [0.2, 0.25) is 5.02 Å². The summed E-state index contributed by atoms with van der Waals surface area (Å²) in [6.07, 6.45) is -0.367. The van der Waals surface area contributed by atoms with E-state index in [0.717, 1.165) is 22.3 Å². The van der Waals surface area contributed by atoms with Gasteiger partial charge in [-0.05, 0) is 41.8 Å². The predicted octanol–water partition coefficient (Wildman–Crippen LogP) is 6.32. The fourth-order valence-corrected chi connectivity index (χ4v) is 4.71. The van der Waals surface area contributed by atoms with E-state index < -0.39 is 11.5 Å². The van der Waals surface area contributed by atoms with Crippen molar-refractivity contribution in [2.75, 3.05) is 4.90 Å². The Morgan fingerprint density at radius 3 is 2.23 bits per heavy atom. The van der Waals surface area contributed by atoms with E-state index in [1.807, 2.05) is 73.7 Å². The van der Waals surface area contributed by atoms with Gasteiger partial charge in [0.25, 0.3) is 5.91 Å². The maximum absolute atomic E-state index is 13.6. The number of ketones is 1. The summed E-state index contributed by atoms with van der Waals surface area (Å²) in [6.45, 7) is 2.29. The van der Waals surface area contributed by atoms with Gasteiger partial charge in [0.1, 0.15) is 0 Å². The maximum atomic E-state index is 13.6. The quantitative estimate of drug-likeness (QED) is 0.328. The third-order valence-corrected chi connectivity index (χ3v) is 6.72. The molecular formula is C30H24ClNO3. The van der Waals surface area contributed by atoms with Crippen molar-refractivity contribution in [3.8, 4) is 11.1 Å². The van der Waals surface area contributed by atoms with Crippen LogP contribution in [0, 0.1) is 6.92 Å². The molecule has 1 aliphatic heterocycles. The summed E-state index contributed by atoms with van der Waals surface area (Å²) < 4.78 is 0. The zero-order valence-electron chi connectivity index (χ0n) is 19.2. The summed E-state index contributed by atoms with van der Waals surface area (Å²) in [5, 5.41) is 12.0. The van der Waals surface area contributed by atoms with Gasteiger partial charge in [0.05, 0.1) is 18.7 Å². The molecule has 0 radical (unpaired) electrons. The lowest BCUT2D eigenvalue weighted by Crippen LogP contribution is -2.41. The Bertz CT molecular complexity index is 1400. The topological polar surface area (TPSA) is 57.6 Å². The summed E-state index contributed by atoms with van der Waals surface area (Å²) in [4.78, 5) is 28.3. The number of hydrogen-bond acceptors (Lipinski definition) is 3. The van der Waals surface area contributed by atoms with Crippen LogP contribution in [0.15, 0.2) is 97.1 Å². The predicted molar refractivity (Wildman–Crippen MR) is 139 cm³/mol. The molecule has 1 N–H and O–H groups in total. The van der Waals surface area contributed by atoms with E-state index in [-0.39, 0.29) is 18.7 Å². The van der Waals surface area contributed by atoms with E-state index in [1.165, 1.54) is 4.90 Å². The van der Waals surface area contributed by atoms with Crippen molar-refractivity contribution in [2.45, 2.75) is 25.5 Å². The van der Waals surface area contributed by atoms with Crippen molar-refractivity contribution >= 4 is 29.0 Å². The molecule has 5 rings (SSSR count). The van der Waals surface area contributed by atoms with E-state index in [1.54, 1.807) is 30.3 Å². The Morgan fingerprint density at radius 1 is 0.886 bits per heavy atom. The van der Waals surface area contributed by atoms with Gasteiger partial charge in [0.2, 0.25) is 0 Å². The molecule has 0 aromatic heterocycles. The summed E-state index contributed by atoms with van der Waals surface area (Å²) in [6, 6.07) is 29.9. The van der Waals surface area contributed by atoms with Crippen LogP contribution in [0.4, 0.5) is 5.69 Å². The highest BCUT2D eigenvalue weighted by atomic mass is 35.5. The Hall–Kier alpha value is -3.73. The first-order valence-electron chi connectivity index (χ1n) is 11.4. The van der Waals surface area contributed by atoms with E-state index in [9.17, 15) is 14.7 Å². The van der Waals surface area contributed by atoms with Crippen LogP contribution in [0.25, 0.3) is 11.1 Å². The molecule has 4 aromatic carbocycles. The normalized spacial score (nSPS) is 16.9. The zero-order chi connectivity index (χ0) is 24.6. The van der Waals surface area contributed by atoms with Gasteiger partial charge in [-0.3, -0.25) is 9.59 Å². The molecule has 1 heterocycles. The van der Waals surface area contributed by atoms with Gasteiger partial charge in [0, 0.05) is 16.1 Å². The van der Waals surface area contributed by atoms with Crippen LogP contribution in [0.5, 0.6) is 0 Å². The van der Waals surface area contributed by atoms with Crippen molar-refractivity contribution in [1.82, 2.24) is 0 Å². The first kappa shape index (κ1) is 23.0. The highest BCUT2D eigenvalue weighted by Gasteiger charge is 2.51. The summed E-state index contributed by atoms with van der Waals surface area (Å²) in [5.74, 6) is -0.840. The van der Waals surface area contributed by atoms with Gasteiger partial charge in [-0.1, -0.05) is 96.0 Å². The molecule has 0 spiro atoms. The van der Waals surface area contributed by atoms with Crippen LogP contribution in [0.1, 0.15) is 33.5 Å². The average Bonchev–Trinajstić information content (AvgIpc) is 3.07. The lowest BCUT2D eigenvalue weighted by Gasteiger charge is -2.23. The number of rotatable bonds is 6. The van der Waals surface area contributed by atoms with Crippen molar-refractivity contribution in [3.63, 3.8) is 0 Å². The van der Waals surface area contributed by atoms with E-state index in [0.29, 0.717) is 21.8 Å². The standard InChI is InChI=1S/C30H24ClNO3/c1-20-7-9-21(10-8-20)19-32-27-16-15-25(31)17-26(27)30(35,29(32)34)18-28(33)24-13-11-23(12-14-24)22-5-3-2-4-6-22/h2-17,35H,18-19H2,1H3/t30-/m0/s1. The molecule has 0 bridgehead atoms. The van der Waals surface area contributed by atoms with Crippen molar-refractivity contribution in [1.29, 1.82) is 0 Å². The van der Waals surface area contributed by atoms with Gasteiger partial charge >= 0.3 is 0 Å². The molecule has 0 saturated carbocycles. The molecule has 1 aliphatic rings. The number of aryl methyl sites for hydroxylation is 1. The van der Waals surface area contributed by atoms with E-state index in [2.05, 4.69) is 0 Å². The number of aliphatic hydroxyl groups is 1. The van der Waals surface area contributed by atoms with Gasteiger partial charge in [-0.2, -0.15) is 0 Å². The van der Waals surface area contributed by atoms with Crippen LogP contribution >= 0.6 is 11.6 Å². The first-order valence-corrected chi connectivity index (χ1v) is 11.8. The Balaban J connectivity index is 1.43. The summed E-state index contributed by atoms with van der Waals surface area (Å²) in [7, 11) is 0. The third-order valence-electron chi connectivity index (χ3n) is 6.49. The summed E-state index contributed by atoms with van der Waals surface area (Å²) in [5.41, 5.74) is 3.45. The second-order valence-electron chi connectivity index (χ2n) is 8.94. The number of Topliss-reactive ketones (excluding diaryl/α,β-unsaturated/α-hetero) is 1. The molecule has 0 aliphatic carbocycles. The number of hydrogen-bond donors (Lipinski definition) is 1. The number of nitrogens with zero attached hydrogens (tertiary/aromatic N) is 1. The molecule has 4 aromatic rings. The monoisotopic (exact) mass is 481 g/mol. The number of anilines is 1. The van der Waals surface area contributed by atoms with Crippen LogP contribution < -0.4 is 4.90 Å². The Morgan fingerprint density at radius 2 is 1.54 bits per heavy atom. The van der Waals surface area contributed by atoms with Crippen LogP contribution in [-0.2, 0) is 16.9 Å². The van der Waals surface area contributed by atoms with Crippen molar-refractivity contribution in [2.24, 2.45) is 0 Å². The van der Waals surface area contributed by atoms with E-state index in [4.69, 9.17) is 11.6 Å². The van der Waals surface area contributed by atoms with Gasteiger partial charge in [0.15, 0.2) is 11.4 Å². The van der Waals surface area contributed by atoms with Gasteiger partial charge in [-0.15, -0.1) is 0 Å². The highest BCUT2D eigenvalue weighted by molar-refractivity contribution is 6.31. The minimum atomic E-state index is -1.99. The molecule has 4 nitrogen and oxygen atoms in total. The van der Waals surface area contributed by atoms with Crippen molar-refractivity contribution in [3.05, 3.63) is 124 Å². The number of carbonyl (C=O) groups excluding carboxylic acids is 2. The van der Waals surface area contributed by atoms with Crippen LogP contribution in [-0.4, -0.2) is 16.8 Å². The smallest absolute Gasteiger partial charge is 0.264 e. The SMILES string of the molecule is Cc1ccc(CN2C(=O)[C@](O)(CC(=O)c3ccc(-c4ccccc4)cc3)c3cc(Cl)ccc32)cc1. The fourth-order valence-electron chi connectivity index (χ4n) is 4.54. The number of benzene rings is 4. The second kappa shape index (κ2) is 9.14. The molecule has 1 amide bonds. The largest absolute Gasteiger partial charge is 0.375 e. The van der Waals surface area contributed by atoms with Gasteiger partial charge in [-0.25, -0.2) is 0 Å². The number of halogens is 1. The van der Waals surface area contributed by atoms with Gasteiger partial charge < -0.3 is 10.0 Å². The minimum Gasteiger partial charge on any atom is -0.375 e. The molecule has 0 saturated heterocycles. The Kier molecular flexibility index (Phi) is 6.01. The molecule has 35 heavy (non-hydrogen) atoms. The second-order valence-corrected chi connectivity index (χ2v) is 9.38. The molecule has 174 valence electrons. The molecule has 5 heteroatoms. The molecule has 1 atom stereocenters. The fraction of sp³-hybridized carbons (Fsp3) is 0.133. The van der Waals surface area contributed by atoms with Crippen LogP contribution in [0.3, 0.4) is 0 Å². The number of carbonyl (C=O) groups is 2. The molecular weight excluding hydrogens is 458 g/mol. The average molecular weight is 482 g/mol. The molecule has 0 unspecified atom stereocenters. The first-order chi connectivity index (χ1) is 16.8. The van der Waals surface area contributed by atoms with E-state index >= 15 is 0 Å². The Labute approximate surface area is 209 Å². The third kappa shape index (κ3) is 4.39. The summed E-state index contributed by atoms with van der Waals surface area (Å²) >= 11 is 6.23. The number of fused-ring (bicyclic) bond motifs is 1. The zero-order valence-corrected chi connectivity index (χ0v) is 20.0. The van der Waals surface area contributed by atoms with Crippen molar-refractivity contribution < 1.29 is 14.7 Å². The minimum absolute atomic E-state index is 0.288.